The third-order valence-electron chi connectivity index (χ3n) is 3.76. The molecular formula is C17H20ClN3O7S. The Balaban J connectivity index is 2.05. The summed E-state index contributed by atoms with van der Waals surface area (Å²) < 4.78 is 36.6. The molecule has 1 saturated heterocycles. The fourth-order valence-electron chi connectivity index (χ4n) is 2.34. The number of hydrogen-bond donors (Lipinski definition) is 2. The van der Waals surface area contributed by atoms with Crippen LogP contribution < -0.4 is 10.6 Å². The lowest BCUT2D eigenvalue weighted by atomic mass is 10.2. The summed E-state index contributed by atoms with van der Waals surface area (Å²) >= 11 is 5.98. The van der Waals surface area contributed by atoms with Crippen LogP contribution in [0.25, 0.3) is 0 Å². The summed E-state index contributed by atoms with van der Waals surface area (Å²) in [5.41, 5.74) is -0.218. The van der Waals surface area contributed by atoms with E-state index in [9.17, 15) is 22.8 Å². The Kier molecular flexibility index (Phi) is 8.14. The minimum atomic E-state index is -3.84. The molecule has 0 unspecified atom stereocenters. The number of ether oxygens (including phenoxy) is 2. The van der Waals surface area contributed by atoms with Gasteiger partial charge in [0, 0.05) is 19.6 Å². The minimum absolute atomic E-state index is 0.0416. The summed E-state index contributed by atoms with van der Waals surface area (Å²) in [5, 5.41) is 4.23. The van der Waals surface area contributed by atoms with Crippen molar-refractivity contribution >= 4 is 39.5 Å². The molecule has 0 bridgehead atoms. The first kappa shape index (κ1) is 22.8. The molecule has 1 aliphatic heterocycles. The smallest absolute Gasteiger partial charge is 0.340 e. The topological polar surface area (TPSA) is 131 Å². The lowest BCUT2D eigenvalue weighted by molar-refractivity contribution is -0.123. The van der Waals surface area contributed by atoms with Crippen molar-refractivity contribution in [2.24, 2.45) is 0 Å². The largest absolute Gasteiger partial charge is 0.452 e. The van der Waals surface area contributed by atoms with E-state index in [-0.39, 0.29) is 48.3 Å². The first-order chi connectivity index (χ1) is 13.8. The number of sulfonamides is 1. The normalized spacial score (nSPS) is 14.7. The fourth-order valence-corrected chi connectivity index (χ4v) is 3.97. The van der Waals surface area contributed by atoms with Gasteiger partial charge in [-0.05, 0) is 18.2 Å². The maximum absolute atomic E-state index is 12.7. The highest BCUT2D eigenvalue weighted by molar-refractivity contribution is 7.89. The SMILES string of the molecule is C=CCNC(=O)NC(=O)COC(=O)c1cc(S(=O)(=O)N2CCOCC2)ccc1Cl. The number of halogens is 1. The molecule has 0 radical (unpaired) electrons. The second-order valence-corrected chi connectivity index (χ2v) is 8.13. The number of nitrogens with one attached hydrogen (secondary N) is 2. The first-order valence-electron chi connectivity index (χ1n) is 8.49. The maximum atomic E-state index is 12.7. The summed E-state index contributed by atoms with van der Waals surface area (Å²) in [4.78, 5) is 35.1. The third kappa shape index (κ3) is 6.26. The van der Waals surface area contributed by atoms with Crippen molar-refractivity contribution in [1.29, 1.82) is 0 Å². The molecule has 1 heterocycles. The van der Waals surface area contributed by atoms with Crippen molar-refractivity contribution in [2.75, 3.05) is 39.5 Å². The van der Waals surface area contributed by atoms with Gasteiger partial charge in [-0.25, -0.2) is 18.0 Å². The van der Waals surface area contributed by atoms with Gasteiger partial charge < -0.3 is 14.8 Å². The highest BCUT2D eigenvalue weighted by atomic mass is 35.5. The zero-order valence-corrected chi connectivity index (χ0v) is 16.9. The molecular weight excluding hydrogens is 426 g/mol. The number of nitrogens with zero attached hydrogens (tertiary/aromatic N) is 1. The van der Waals surface area contributed by atoms with Crippen molar-refractivity contribution in [1.82, 2.24) is 14.9 Å². The van der Waals surface area contributed by atoms with E-state index in [1.807, 2.05) is 5.32 Å². The predicted molar refractivity (Wildman–Crippen MR) is 103 cm³/mol. The van der Waals surface area contributed by atoms with Crippen LogP contribution in [0.1, 0.15) is 10.4 Å². The highest BCUT2D eigenvalue weighted by Crippen LogP contribution is 2.24. The molecule has 10 nitrogen and oxygen atoms in total. The van der Waals surface area contributed by atoms with Crippen LogP contribution in [0.4, 0.5) is 4.79 Å². The van der Waals surface area contributed by atoms with E-state index < -0.39 is 34.5 Å². The zero-order valence-electron chi connectivity index (χ0n) is 15.4. The second kappa shape index (κ2) is 10.3. The molecule has 1 aromatic carbocycles. The van der Waals surface area contributed by atoms with Gasteiger partial charge in [-0.15, -0.1) is 6.58 Å². The Hall–Kier alpha value is -2.47. The van der Waals surface area contributed by atoms with Crippen molar-refractivity contribution < 1.29 is 32.3 Å². The van der Waals surface area contributed by atoms with Gasteiger partial charge in [0.1, 0.15) is 0 Å². The number of rotatable bonds is 7. The highest BCUT2D eigenvalue weighted by Gasteiger charge is 2.28. The molecule has 0 spiro atoms. The van der Waals surface area contributed by atoms with Crippen LogP contribution in [-0.4, -0.2) is 70.1 Å². The van der Waals surface area contributed by atoms with E-state index in [0.717, 1.165) is 6.07 Å². The molecule has 2 N–H and O–H groups in total. The molecule has 0 aromatic heterocycles. The number of carbonyl (C=O) groups excluding carboxylic acids is 3. The second-order valence-electron chi connectivity index (χ2n) is 5.78. The lowest BCUT2D eigenvalue weighted by Gasteiger charge is -2.26. The molecule has 0 saturated carbocycles. The average Bonchev–Trinajstić information content (AvgIpc) is 2.71. The standard InChI is InChI=1S/C17H20ClN3O7S/c1-2-5-19-17(24)20-15(22)11-28-16(23)13-10-12(3-4-14(13)18)29(25,26)21-6-8-27-9-7-21/h2-4,10H,1,5-9,11H2,(H2,19,20,22,24). The molecule has 12 heteroatoms. The Morgan fingerprint density at radius 2 is 1.97 bits per heavy atom. The van der Waals surface area contributed by atoms with Crippen LogP contribution in [0, 0.1) is 0 Å². The zero-order chi connectivity index (χ0) is 21.4. The molecule has 1 fully saturated rings. The van der Waals surface area contributed by atoms with Crippen LogP contribution in [0.15, 0.2) is 35.7 Å². The number of morpholine rings is 1. The van der Waals surface area contributed by atoms with E-state index in [4.69, 9.17) is 21.1 Å². The number of imide groups is 1. The summed E-state index contributed by atoms with van der Waals surface area (Å²) in [6.45, 7) is 3.74. The van der Waals surface area contributed by atoms with E-state index in [1.165, 1.54) is 22.5 Å². The molecule has 2 rings (SSSR count). The summed E-state index contributed by atoms with van der Waals surface area (Å²) in [6, 6.07) is 2.85. The van der Waals surface area contributed by atoms with Gasteiger partial charge in [-0.1, -0.05) is 17.7 Å². The predicted octanol–water partition coefficient (Wildman–Crippen LogP) is 0.530. The molecule has 0 aliphatic carbocycles. The molecule has 0 atom stereocenters. The first-order valence-corrected chi connectivity index (χ1v) is 10.3. The van der Waals surface area contributed by atoms with Crippen LogP contribution in [0.2, 0.25) is 5.02 Å². The summed E-state index contributed by atoms with van der Waals surface area (Å²) in [5.74, 6) is -1.87. The molecule has 1 aromatic rings. The van der Waals surface area contributed by atoms with Crippen LogP contribution >= 0.6 is 11.6 Å². The van der Waals surface area contributed by atoms with Crippen molar-refractivity contribution in [2.45, 2.75) is 4.90 Å². The van der Waals surface area contributed by atoms with Crippen molar-refractivity contribution in [3.8, 4) is 0 Å². The summed E-state index contributed by atoms with van der Waals surface area (Å²) in [7, 11) is -3.84. The van der Waals surface area contributed by atoms with E-state index in [0.29, 0.717) is 0 Å². The van der Waals surface area contributed by atoms with Crippen molar-refractivity contribution in [3.63, 3.8) is 0 Å². The van der Waals surface area contributed by atoms with Crippen LogP contribution in [0.3, 0.4) is 0 Å². The van der Waals surface area contributed by atoms with Gasteiger partial charge in [0.2, 0.25) is 10.0 Å². The average molecular weight is 446 g/mol. The molecule has 29 heavy (non-hydrogen) atoms. The lowest BCUT2D eigenvalue weighted by Crippen LogP contribution is -2.41. The number of amides is 3. The van der Waals surface area contributed by atoms with Crippen molar-refractivity contribution in [3.05, 3.63) is 41.4 Å². The summed E-state index contributed by atoms with van der Waals surface area (Å²) in [6.07, 6.45) is 1.42. The van der Waals surface area contributed by atoms with E-state index >= 15 is 0 Å². The fraction of sp³-hybridized carbons (Fsp3) is 0.353. The Morgan fingerprint density at radius 3 is 2.62 bits per heavy atom. The number of hydrogen-bond acceptors (Lipinski definition) is 7. The Labute approximate surface area is 172 Å². The monoisotopic (exact) mass is 445 g/mol. The minimum Gasteiger partial charge on any atom is -0.452 e. The van der Waals surface area contributed by atoms with E-state index in [2.05, 4.69) is 11.9 Å². The van der Waals surface area contributed by atoms with Gasteiger partial charge in [0.15, 0.2) is 6.61 Å². The van der Waals surface area contributed by atoms with E-state index in [1.54, 1.807) is 0 Å². The van der Waals surface area contributed by atoms with Gasteiger partial charge in [0.05, 0.1) is 28.7 Å². The van der Waals surface area contributed by atoms with Crippen LogP contribution in [-0.2, 0) is 24.3 Å². The number of esters is 1. The van der Waals surface area contributed by atoms with Crippen LogP contribution in [0.5, 0.6) is 0 Å². The Bertz CT molecular complexity index is 898. The molecule has 3 amide bonds. The van der Waals surface area contributed by atoms with Gasteiger partial charge in [-0.3, -0.25) is 10.1 Å². The number of urea groups is 1. The quantitative estimate of drug-likeness (QED) is 0.462. The van der Waals surface area contributed by atoms with Gasteiger partial charge >= 0.3 is 12.0 Å². The number of benzene rings is 1. The Morgan fingerprint density at radius 1 is 1.28 bits per heavy atom. The third-order valence-corrected chi connectivity index (χ3v) is 5.98. The maximum Gasteiger partial charge on any atom is 0.340 e. The number of carbonyl (C=O) groups is 3. The van der Waals surface area contributed by atoms with Gasteiger partial charge in [-0.2, -0.15) is 4.31 Å². The molecule has 1 aliphatic rings. The molecule has 158 valence electrons. The van der Waals surface area contributed by atoms with Gasteiger partial charge in [0.25, 0.3) is 5.91 Å².